The molecule has 79 heavy (non-hydrogen) atoms. The van der Waals surface area contributed by atoms with Crippen molar-refractivity contribution in [1.82, 2.24) is 5.32 Å². The van der Waals surface area contributed by atoms with Crippen LogP contribution in [0.15, 0.2) is 121 Å². The van der Waals surface area contributed by atoms with Gasteiger partial charge in [-0.3, -0.25) is 4.79 Å². The maximum atomic E-state index is 13.8. The van der Waals surface area contributed by atoms with E-state index in [1.165, 1.54) is 0 Å². The normalized spacial score (nSPS) is 19.1. The van der Waals surface area contributed by atoms with Crippen LogP contribution < -0.4 is 5.32 Å². The number of unbranched alkanes of at least 4 members (excludes halogenated alkanes) is 2. The molecule has 0 spiro atoms. The van der Waals surface area contributed by atoms with Gasteiger partial charge < -0.3 is 43.2 Å². The summed E-state index contributed by atoms with van der Waals surface area (Å²) in [5, 5.41) is 3.06. The van der Waals surface area contributed by atoms with Gasteiger partial charge in [-0.15, -0.1) is 6.42 Å². The number of terminal acetylenes is 1. The second-order valence-corrected chi connectivity index (χ2v) is 18.0. The molecule has 1 amide bonds. The van der Waals surface area contributed by atoms with E-state index in [9.17, 15) is 4.79 Å². The van der Waals surface area contributed by atoms with Crippen LogP contribution in [0.3, 0.4) is 0 Å². The van der Waals surface area contributed by atoms with Crippen LogP contribution in [0.4, 0.5) is 0 Å². The summed E-state index contributed by atoms with van der Waals surface area (Å²) >= 11 is 0. The number of hydrogen-bond acceptors (Lipinski definition) is 9. The Morgan fingerprint density at radius 2 is 0.962 bits per heavy atom. The van der Waals surface area contributed by atoms with Gasteiger partial charge in [0.05, 0.1) is 51.8 Å². The summed E-state index contributed by atoms with van der Waals surface area (Å²) in [5.74, 6) is 51.1. The predicted octanol–water partition coefficient (Wildman–Crippen LogP) is 7.95. The van der Waals surface area contributed by atoms with Crippen molar-refractivity contribution in [3.8, 4) is 131 Å². The second-order valence-electron chi connectivity index (χ2n) is 18.0. The highest BCUT2D eigenvalue weighted by Gasteiger charge is 2.51. The van der Waals surface area contributed by atoms with E-state index in [1.807, 2.05) is 135 Å². The summed E-state index contributed by atoms with van der Waals surface area (Å²) in [6, 6.07) is 38.9. The zero-order valence-electron chi connectivity index (χ0n) is 44.5. The van der Waals surface area contributed by atoms with Gasteiger partial charge in [-0.05, 0) is 137 Å². The fraction of sp³-hybridized carbons (Fsp3) is 0.319. The van der Waals surface area contributed by atoms with Gasteiger partial charge >= 0.3 is 0 Å². The minimum absolute atomic E-state index is 0.0940. The van der Waals surface area contributed by atoms with Crippen molar-refractivity contribution in [3.05, 3.63) is 144 Å². The highest BCUT2D eigenvalue weighted by Crippen LogP contribution is 2.35. The largest absolute Gasteiger partial charge is 0.374 e. The van der Waals surface area contributed by atoms with Gasteiger partial charge in [-0.1, -0.05) is 148 Å². The number of ether oxygens (including phenoxy) is 8. The van der Waals surface area contributed by atoms with Crippen LogP contribution in [0.25, 0.3) is 0 Å². The van der Waals surface area contributed by atoms with E-state index in [0.717, 1.165) is 41.5 Å². The highest BCUT2D eigenvalue weighted by atomic mass is 16.8. The van der Waals surface area contributed by atoms with Crippen molar-refractivity contribution < 1.29 is 42.7 Å². The highest BCUT2D eigenvalue weighted by molar-refractivity contribution is 5.94. The van der Waals surface area contributed by atoms with E-state index in [0.29, 0.717) is 13.0 Å². The molecule has 0 radical (unpaired) electrons. The van der Waals surface area contributed by atoms with Crippen LogP contribution in [0.1, 0.15) is 68.7 Å². The number of amides is 1. The van der Waals surface area contributed by atoms with E-state index in [-0.39, 0.29) is 39.1 Å². The molecule has 10 nitrogen and oxygen atoms in total. The van der Waals surface area contributed by atoms with Crippen molar-refractivity contribution in [2.45, 2.75) is 128 Å². The summed E-state index contributed by atoms with van der Waals surface area (Å²) in [5.41, 5.74) is 3.87. The lowest BCUT2D eigenvalue weighted by atomic mass is 9.97. The van der Waals surface area contributed by atoms with E-state index >= 15 is 0 Å². The molecule has 0 saturated carbocycles. The Hall–Kier alpha value is -8.81. The molecule has 2 saturated heterocycles. The number of carbonyl (C=O) groups is 1. The molecule has 394 valence electrons. The van der Waals surface area contributed by atoms with Gasteiger partial charge in [-0.2, -0.15) is 0 Å². The Morgan fingerprint density at radius 3 is 1.43 bits per heavy atom. The van der Waals surface area contributed by atoms with E-state index < -0.39 is 54.5 Å². The summed E-state index contributed by atoms with van der Waals surface area (Å²) in [6.07, 6.45) is 3.56. The quantitative estimate of drug-likeness (QED) is 0.0621. The Labute approximate surface area is 467 Å². The van der Waals surface area contributed by atoms with Gasteiger partial charge in [0.25, 0.3) is 5.91 Å². The Morgan fingerprint density at radius 1 is 0.532 bits per heavy atom. The van der Waals surface area contributed by atoms with Gasteiger partial charge in [0.1, 0.15) is 30.5 Å². The number of rotatable bonds is 22. The molecule has 6 rings (SSSR count). The molecule has 5 unspecified atom stereocenters. The molecule has 10 heteroatoms. The first-order chi connectivity index (χ1) is 38.8. The molecule has 2 heterocycles. The lowest BCUT2D eigenvalue weighted by Gasteiger charge is -2.46. The fourth-order valence-corrected chi connectivity index (χ4v) is 8.18. The first kappa shape index (κ1) is 59.4. The van der Waals surface area contributed by atoms with Gasteiger partial charge in [0.2, 0.25) is 0 Å². The van der Waals surface area contributed by atoms with Crippen LogP contribution in [0.2, 0.25) is 0 Å². The molecule has 4 aromatic carbocycles. The Balaban J connectivity index is 1.25. The Bertz CT molecular complexity index is 3310. The monoisotopic (exact) mass is 1050 g/mol. The van der Waals surface area contributed by atoms with Crippen LogP contribution >= 0.6 is 0 Å². The lowest BCUT2D eigenvalue weighted by molar-refractivity contribution is -0.329. The molecule has 0 aliphatic carbocycles. The summed E-state index contributed by atoms with van der Waals surface area (Å²) in [6.45, 7) is 6.96. The number of carbonyl (C=O) groups excluding carboxylic acids is 1. The molecule has 1 N–H and O–H groups in total. The van der Waals surface area contributed by atoms with Gasteiger partial charge in [0, 0.05) is 29.6 Å². The van der Waals surface area contributed by atoms with Crippen LogP contribution in [-0.2, 0) is 69.1 Å². The summed E-state index contributed by atoms with van der Waals surface area (Å²) in [4.78, 5) is 13.8. The van der Waals surface area contributed by atoms with E-state index in [2.05, 4.69) is 137 Å². The third-order valence-corrected chi connectivity index (χ3v) is 11.7. The van der Waals surface area contributed by atoms with Gasteiger partial charge in [0.15, 0.2) is 12.1 Å². The number of nitrogens with one attached hydrogen (secondary N) is 1. The molecule has 0 bridgehead atoms. The van der Waals surface area contributed by atoms with Crippen molar-refractivity contribution in [1.29, 1.82) is 0 Å². The van der Waals surface area contributed by atoms with Crippen molar-refractivity contribution in [2.24, 2.45) is 0 Å². The Kier molecular flexibility index (Phi) is 26.2. The minimum atomic E-state index is -1.06. The molecule has 0 aromatic heterocycles. The predicted molar refractivity (Wildman–Crippen MR) is 302 cm³/mol. The molecular formula is C69H59NO9. The molecule has 8 atom stereocenters. The SMILES string of the molecule is C#CC#CC#CC#CC#CC#CC#CC#CC#CC#CC#CC(=O)N[C@@H](COC1OC(COCc2ccccc2)C(OCc2ccccc2)C(OCc2ccccc2)C1OCc1ccccc1)[C@@H]1OC(C)(C)O[C@@H]1CCCCC. The van der Waals surface area contributed by atoms with Gasteiger partial charge in [-0.25, -0.2) is 0 Å². The van der Waals surface area contributed by atoms with E-state index in [4.69, 9.17) is 44.3 Å². The van der Waals surface area contributed by atoms with Crippen molar-refractivity contribution in [3.63, 3.8) is 0 Å². The zero-order chi connectivity index (χ0) is 55.4. The van der Waals surface area contributed by atoms with Crippen LogP contribution in [-0.4, -0.2) is 73.9 Å². The second kappa shape index (κ2) is 34.8. The standard InChI is InChI=1S/C69H59NO9/c1-5-7-9-10-11-12-13-14-15-16-17-18-19-20-21-22-23-24-25-39-49-63(71)70-60(64-61(48-30-8-6-2)78-69(3,4)79-64)54-76-68-67(75-53-59-46-37-29-38-47-59)66(74-52-58-44-35-28-36-45-58)65(73-51-57-42-33-27-34-43-57)62(77-68)55-72-50-56-40-31-26-32-41-56/h1,26-29,31-38,40-47,60-62,64-68H,6,8,30,48,50-55H2,2-4H3,(H,70,71)/t60-,61+,62?,64-,65?,66?,67?,68?/m0/s1. The smallest absolute Gasteiger partial charge is 0.297 e. The average molecular weight is 1050 g/mol. The number of hydrogen-bond donors (Lipinski definition) is 1. The molecule has 2 aliphatic rings. The average Bonchev–Trinajstić information content (AvgIpc) is 3.79. The maximum Gasteiger partial charge on any atom is 0.297 e. The number of benzene rings is 4. The van der Waals surface area contributed by atoms with Crippen molar-refractivity contribution >= 4 is 5.91 Å². The molecular weight excluding hydrogens is 987 g/mol. The van der Waals surface area contributed by atoms with E-state index in [1.54, 1.807) is 0 Å². The minimum Gasteiger partial charge on any atom is -0.374 e. The third kappa shape index (κ3) is 22.4. The molecule has 2 fully saturated rings. The zero-order valence-corrected chi connectivity index (χ0v) is 44.5. The first-order valence-electron chi connectivity index (χ1n) is 25.8. The van der Waals surface area contributed by atoms with Crippen LogP contribution in [0.5, 0.6) is 0 Å². The molecule has 4 aromatic rings. The summed E-state index contributed by atoms with van der Waals surface area (Å²) < 4.78 is 54.0. The summed E-state index contributed by atoms with van der Waals surface area (Å²) in [7, 11) is 0. The fourth-order valence-electron chi connectivity index (χ4n) is 8.18. The van der Waals surface area contributed by atoms with Crippen molar-refractivity contribution in [2.75, 3.05) is 13.2 Å². The molecule has 2 aliphatic heterocycles. The topological polar surface area (TPSA) is 103 Å². The van der Waals surface area contributed by atoms with Crippen LogP contribution in [0, 0.1) is 131 Å². The lowest BCUT2D eigenvalue weighted by Crippen LogP contribution is -2.62. The third-order valence-electron chi connectivity index (χ3n) is 11.7. The maximum absolute atomic E-state index is 13.8. The first-order valence-corrected chi connectivity index (χ1v) is 25.8.